The van der Waals surface area contributed by atoms with Gasteiger partial charge in [-0.15, -0.1) is 0 Å². The molecule has 1 aromatic carbocycles. The van der Waals surface area contributed by atoms with Crippen molar-refractivity contribution in [3.05, 3.63) is 52.2 Å². The number of aromatic amines is 1. The largest absolute Gasteiger partial charge is 0.368 e. The lowest BCUT2D eigenvalue weighted by Gasteiger charge is -2.34. The van der Waals surface area contributed by atoms with Gasteiger partial charge in [-0.1, -0.05) is 30.3 Å². The first-order chi connectivity index (χ1) is 13.2. The molecule has 2 aromatic rings. The molecule has 1 N–H and O–H groups in total. The fraction of sp³-hybridized carbons (Fsp3) is 0.550. The van der Waals surface area contributed by atoms with Crippen LogP contribution in [-0.4, -0.2) is 51.4 Å². The number of carbonyl (C=O) groups is 1. The molecular weight excluding hydrogens is 344 g/mol. The minimum atomic E-state index is -0.267. The third-order valence-electron chi connectivity index (χ3n) is 5.60. The van der Waals surface area contributed by atoms with Crippen LogP contribution in [0.15, 0.2) is 35.1 Å². The van der Waals surface area contributed by atoms with Crippen LogP contribution in [0.5, 0.6) is 0 Å². The Morgan fingerprint density at radius 1 is 1.15 bits per heavy atom. The van der Waals surface area contributed by atoms with Gasteiger partial charge in [0.2, 0.25) is 0 Å². The Hall–Kier alpha value is -2.41. The summed E-state index contributed by atoms with van der Waals surface area (Å²) >= 11 is 0. The van der Waals surface area contributed by atoms with E-state index in [1.807, 2.05) is 35.2 Å². The lowest BCUT2D eigenvalue weighted by molar-refractivity contribution is -0.147. The van der Waals surface area contributed by atoms with Crippen molar-refractivity contribution in [1.29, 1.82) is 0 Å². The number of amides is 1. The Bertz CT molecular complexity index is 815. The van der Waals surface area contributed by atoms with Crippen LogP contribution >= 0.6 is 0 Å². The number of rotatable bonds is 4. The van der Waals surface area contributed by atoms with Crippen molar-refractivity contribution in [3.8, 4) is 0 Å². The quantitative estimate of drug-likeness (QED) is 0.891. The highest BCUT2D eigenvalue weighted by molar-refractivity contribution is 5.81. The fourth-order valence-electron chi connectivity index (χ4n) is 4.06. The molecule has 0 aliphatic carbocycles. The van der Waals surface area contributed by atoms with E-state index in [-0.39, 0.29) is 23.6 Å². The van der Waals surface area contributed by atoms with Crippen LogP contribution in [-0.2, 0) is 16.1 Å². The number of hydrogen-bond acceptors (Lipinski definition) is 4. The van der Waals surface area contributed by atoms with E-state index < -0.39 is 0 Å². The molecular formula is C20H26N4O3. The Kier molecular flexibility index (Phi) is 5.38. The highest BCUT2D eigenvalue weighted by atomic mass is 16.5. The van der Waals surface area contributed by atoms with E-state index in [0.29, 0.717) is 26.2 Å². The van der Waals surface area contributed by atoms with E-state index in [1.54, 1.807) is 4.57 Å². The Balaban J connectivity index is 1.41. The Morgan fingerprint density at radius 3 is 2.63 bits per heavy atom. The molecule has 0 unspecified atom stereocenters. The summed E-state index contributed by atoms with van der Waals surface area (Å²) in [4.78, 5) is 26.8. The smallest absolute Gasteiger partial charge is 0.343 e. The van der Waals surface area contributed by atoms with Gasteiger partial charge in [-0.2, -0.15) is 5.10 Å². The molecule has 7 heteroatoms. The molecule has 2 aliphatic heterocycles. The zero-order chi connectivity index (χ0) is 18.6. The Labute approximate surface area is 158 Å². The molecule has 2 aliphatic rings. The third-order valence-corrected chi connectivity index (χ3v) is 5.60. The molecule has 144 valence electrons. The van der Waals surface area contributed by atoms with Crippen molar-refractivity contribution in [2.45, 2.75) is 50.7 Å². The van der Waals surface area contributed by atoms with Crippen molar-refractivity contribution in [3.63, 3.8) is 0 Å². The lowest BCUT2D eigenvalue weighted by Crippen LogP contribution is -2.45. The number of piperidine rings is 1. The van der Waals surface area contributed by atoms with E-state index in [4.69, 9.17) is 4.74 Å². The molecule has 7 nitrogen and oxygen atoms in total. The molecule has 0 bridgehead atoms. The van der Waals surface area contributed by atoms with E-state index >= 15 is 0 Å². The van der Waals surface area contributed by atoms with Gasteiger partial charge >= 0.3 is 5.69 Å². The minimum Gasteiger partial charge on any atom is -0.368 e. The molecule has 2 fully saturated rings. The number of nitrogens with one attached hydrogen (secondary N) is 1. The van der Waals surface area contributed by atoms with Crippen LogP contribution in [0, 0.1) is 0 Å². The van der Waals surface area contributed by atoms with Gasteiger partial charge in [-0.25, -0.2) is 9.89 Å². The van der Waals surface area contributed by atoms with Crippen molar-refractivity contribution in [1.82, 2.24) is 19.7 Å². The normalized spacial score (nSPS) is 21.3. The summed E-state index contributed by atoms with van der Waals surface area (Å²) in [5, 5.41) is 6.89. The number of likely N-dealkylation sites (tertiary alicyclic amines) is 1. The molecule has 0 saturated carbocycles. The molecule has 1 aromatic heterocycles. The van der Waals surface area contributed by atoms with Gasteiger partial charge in [0.25, 0.3) is 5.91 Å². The minimum absolute atomic E-state index is 0.122. The summed E-state index contributed by atoms with van der Waals surface area (Å²) in [5.74, 6) is 1.10. The molecule has 0 spiro atoms. The molecule has 3 heterocycles. The van der Waals surface area contributed by atoms with Gasteiger partial charge < -0.3 is 9.64 Å². The SMILES string of the molecule is O=C([C@H]1CCCCO1)N1CCC(c2n[nH]c(=O)n2Cc2ccccc2)CC1. The highest BCUT2D eigenvalue weighted by Crippen LogP contribution is 2.27. The highest BCUT2D eigenvalue weighted by Gasteiger charge is 2.32. The fourth-order valence-corrected chi connectivity index (χ4v) is 4.06. The molecule has 0 radical (unpaired) electrons. The summed E-state index contributed by atoms with van der Waals surface area (Å²) in [5.41, 5.74) is 0.896. The van der Waals surface area contributed by atoms with Crippen molar-refractivity contribution >= 4 is 5.91 Å². The van der Waals surface area contributed by atoms with Gasteiger partial charge in [0.1, 0.15) is 11.9 Å². The van der Waals surface area contributed by atoms with E-state index in [9.17, 15) is 9.59 Å². The first-order valence-corrected chi connectivity index (χ1v) is 9.82. The van der Waals surface area contributed by atoms with Gasteiger partial charge in [0, 0.05) is 25.6 Å². The second kappa shape index (κ2) is 8.08. The number of benzene rings is 1. The molecule has 1 atom stereocenters. The van der Waals surface area contributed by atoms with Crippen LogP contribution in [0.1, 0.15) is 49.4 Å². The maximum Gasteiger partial charge on any atom is 0.343 e. The van der Waals surface area contributed by atoms with Crippen LogP contribution in [0.3, 0.4) is 0 Å². The predicted molar refractivity (Wildman–Crippen MR) is 101 cm³/mol. The zero-order valence-electron chi connectivity index (χ0n) is 15.5. The van der Waals surface area contributed by atoms with Crippen LogP contribution in [0.2, 0.25) is 0 Å². The third kappa shape index (κ3) is 3.98. The summed E-state index contributed by atoms with van der Waals surface area (Å²) in [6.45, 7) is 2.58. The van der Waals surface area contributed by atoms with Crippen LogP contribution in [0.4, 0.5) is 0 Å². The van der Waals surface area contributed by atoms with Crippen LogP contribution < -0.4 is 5.69 Å². The second-order valence-electron chi connectivity index (χ2n) is 7.41. The zero-order valence-corrected chi connectivity index (χ0v) is 15.5. The number of ether oxygens (including phenoxy) is 1. The van der Waals surface area contributed by atoms with E-state index in [1.165, 1.54) is 0 Å². The summed E-state index contributed by atoms with van der Waals surface area (Å²) < 4.78 is 7.36. The Morgan fingerprint density at radius 2 is 1.93 bits per heavy atom. The summed E-state index contributed by atoms with van der Waals surface area (Å²) in [6, 6.07) is 9.92. The number of aromatic nitrogens is 3. The number of H-pyrrole nitrogens is 1. The van der Waals surface area contributed by atoms with Crippen LogP contribution in [0.25, 0.3) is 0 Å². The molecule has 27 heavy (non-hydrogen) atoms. The maximum atomic E-state index is 12.6. The van der Waals surface area contributed by atoms with Crippen molar-refractivity contribution in [2.24, 2.45) is 0 Å². The second-order valence-corrected chi connectivity index (χ2v) is 7.41. The average Bonchev–Trinajstić information content (AvgIpc) is 3.09. The number of hydrogen-bond donors (Lipinski definition) is 1. The maximum absolute atomic E-state index is 12.6. The number of nitrogens with zero attached hydrogens (tertiary/aromatic N) is 3. The van der Waals surface area contributed by atoms with Gasteiger partial charge in [0.05, 0.1) is 6.54 Å². The first-order valence-electron chi connectivity index (χ1n) is 9.82. The summed E-state index contributed by atoms with van der Waals surface area (Å²) in [7, 11) is 0. The molecule has 1 amide bonds. The predicted octanol–water partition coefficient (Wildman–Crippen LogP) is 1.89. The van der Waals surface area contributed by atoms with Gasteiger partial charge in [0.15, 0.2) is 0 Å². The number of carbonyl (C=O) groups excluding carboxylic acids is 1. The lowest BCUT2D eigenvalue weighted by atomic mass is 9.95. The monoisotopic (exact) mass is 370 g/mol. The van der Waals surface area contributed by atoms with Gasteiger partial charge in [-0.3, -0.25) is 9.36 Å². The van der Waals surface area contributed by atoms with Gasteiger partial charge in [-0.05, 0) is 37.7 Å². The van der Waals surface area contributed by atoms with E-state index in [0.717, 1.165) is 43.5 Å². The first kappa shape index (κ1) is 18.0. The standard InChI is InChI=1S/C20H26N4O3/c25-19(17-8-4-5-13-27-17)23-11-9-16(10-12-23)18-21-22-20(26)24(18)14-15-6-2-1-3-7-15/h1-3,6-7,16-17H,4-5,8-14H2,(H,22,26)/t17-/m1/s1. The topological polar surface area (TPSA) is 80.2 Å². The summed E-state index contributed by atoms with van der Waals surface area (Å²) in [6.07, 6.45) is 4.30. The molecule has 4 rings (SSSR count). The van der Waals surface area contributed by atoms with Crippen molar-refractivity contribution in [2.75, 3.05) is 19.7 Å². The molecule has 2 saturated heterocycles. The van der Waals surface area contributed by atoms with E-state index in [2.05, 4.69) is 10.2 Å². The average molecular weight is 370 g/mol. The van der Waals surface area contributed by atoms with Crippen molar-refractivity contribution < 1.29 is 9.53 Å².